The molecule has 5 nitrogen and oxygen atoms in total. The fourth-order valence-electron chi connectivity index (χ4n) is 1.32. The first-order valence-corrected chi connectivity index (χ1v) is 7.03. The summed E-state index contributed by atoms with van der Waals surface area (Å²) in [5.74, 6) is -0.389. The Bertz CT molecular complexity index is 525. The van der Waals surface area contributed by atoms with Crippen molar-refractivity contribution in [2.75, 3.05) is 12.4 Å². The summed E-state index contributed by atoms with van der Waals surface area (Å²) in [5.41, 5.74) is 0.240. The average Bonchev–Trinajstić information content (AvgIpc) is 2.38. The summed E-state index contributed by atoms with van der Waals surface area (Å²) < 4.78 is 27.8. The van der Waals surface area contributed by atoms with Crippen LogP contribution in [0.1, 0.15) is 27.7 Å². The second kappa shape index (κ2) is 7.25. The monoisotopic (exact) mass is 287 g/mol. The Morgan fingerprint density at radius 1 is 1.37 bits per heavy atom. The van der Waals surface area contributed by atoms with Crippen LogP contribution in [0.25, 0.3) is 0 Å². The Morgan fingerprint density at radius 2 is 1.95 bits per heavy atom. The first-order valence-electron chi connectivity index (χ1n) is 5.63. The molecule has 1 N–H and O–H groups in total. The average molecular weight is 287 g/mol. The van der Waals surface area contributed by atoms with Gasteiger partial charge in [-0.05, 0) is 18.6 Å². The number of amides is 1. The van der Waals surface area contributed by atoms with Gasteiger partial charge < -0.3 is 5.32 Å². The van der Waals surface area contributed by atoms with Gasteiger partial charge in [-0.25, -0.2) is 0 Å². The van der Waals surface area contributed by atoms with Gasteiger partial charge >= 0.3 is 0 Å². The van der Waals surface area contributed by atoms with Crippen LogP contribution in [0.5, 0.6) is 0 Å². The van der Waals surface area contributed by atoms with E-state index < -0.39 is 10.1 Å². The lowest BCUT2D eigenvalue weighted by Gasteiger charge is -2.13. The number of rotatable bonds is 5. The molecule has 0 aliphatic rings. The molecule has 1 unspecified atom stereocenters. The van der Waals surface area contributed by atoms with Crippen molar-refractivity contribution >= 4 is 21.7 Å². The number of nitrogens with one attached hydrogen (secondary N) is 1. The lowest BCUT2D eigenvalue weighted by Crippen LogP contribution is -2.21. The number of para-hydroxylation sites is 1. The number of carbonyl (C=O) groups is 1. The zero-order valence-corrected chi connectivity index (χ0v) is 11.5. The Balaban J connectivity index is 0.00000324. The van der Waals surface area contributed by atoms with Crippen LogP contribution in [0.2, 0.25) is 0 Å². The molecule has 0 aliphatic carbocycles. The zero-order valence-electron chi connectivity index (χ0n) is 10.6. The van der Waals surface area contributed by atoms with Gasteiger partial charge in [0.2, 0.25) is 5.91 Å². The van der Waals surface area contributed by atoms with Crippen molar-refractivity contribution in [2.24, 2.45) is 5.92 Å². The molecule has 1 rings (SSSR count). The summed E-state index contributed by atoms with van der Waals surface area (Å²) in [5, 5.41) is 2.60. The second-order valence-corrected chi connectivity index (χ2v) is 5.60. The van der Waals surface area contributed by atoms with E-state index in [4.69, 9.17) is 0 Å². The fraction of sp³-hybridized carbons (Fsp3) is 0.462. The van der Waals surface area contributed by atoms with Crippen molar-refractivity contribution < 1.29 is 17.4 Å². The molecular formula is C13H21NO4S. The van der Waals surface area contributed by atoms with E-state index in [0.29, 0.717) is 6.42 Å². The summed E-state index contributed by atoms with van der Waals surface area (Å²) in [6.07, 6.45) is 0.686. The molecule has 0 saturated heterocycles. The maximum Gasteiger partial charge on any atom is 0.298 e. The van der Waals surface area contributed by atoms with Crippen molar-refractivity contribution in [3.8, 4) is 0 Å². The highest BCUT2D eigenvalue weighted by Crippen LogP contribution is 2.23. The van der Waals surface area contributed by atoms with Crippen LogP contribution in [0.4, 0.5) is 5.69 Å². The number of anilines is 1. The van der Waals surface area contributed by atoms with Crippen LogP contribution in [-0.4, -0.2) is 21.4 Å². The third-order valence-corrected chi connectivity index (χ3v) is 4.03. The lowest BCUT2D eigenvalue weighted by molar-refractivity contribution is -0.119. The molecule has 0 saturated carbocycles. The van der Waals surface area contributed by atoms with Gasteiger partial charge in [-0.3, -0.25) is 8.98 Å². The van der Waals surface area contributed by atoms with Gasteiger partial charge in [0.1, 0.15) is 4.90 Å². The van der Waals surface area contributed by atoms with Crippen molar-refractivity contribution in [2.45, 2.75) is 32.6 Å². The van der Waals surface area contributed by atoms with Crippen LogP contribution in [0, 0.1) is 5.92 Å². The van der Waals surface area contributed by atoms with Gasteiger partial charge in [-0.1, -0.05) is 33.4 Å². The van der Waals surface area contributed by atoms with Crippen molar-refractivity contribution in [3.63, 3.8) is 0 Å². The molecule has 0 aromatic heterocycles. The van der Waals surface area contributed by atoms with Crippen LogP contribution in [0.3, 0.4) is 0 Å². The predicted octanol–water partition coefficient (Wildman–Crippen LogP) is 2.64. The van der Waals surface area contributed by atoms with E-state index in [1.807, 2.05) is 6.92 Å². The third-order valence-electron chi connectivity index (χ3n) is 2.69. The molecule has 0 spiro atoms. The van der Waals surface area contributed by atoms with E-state index in [2.05, 4.69) is 9.50 Å². The molecule has 1 aromatic carbocycles. The van der Waals surface area contributed by atoms with Gasteiger partial charge in [0, 0.05) is 5.92 Å². The Morgan fingerprint density at radius 3 is 2.47 bits per heavy atom. The molecule has 0 fully saturated rings. The number of carbonyl (C=O) groups excluding carboxylic acids is 1. The topological polar surface area (TPSA) is 72.5 Å². The summed E-state index contributed by atoms with van der Waals surface area (Å²) >= 11 is 0. The SMILES string of the molecule is C.CCC(C)C(=O)Nc1ccccc1S(=O)(=O)OC. The molecule has 19 heavy (non-hydrogen) atoms. The molecule has 1 amide bonds. The Hall–Kier alpha value is -1.40. The van der Waals surface area contributed by atoms with Crippen LogP contribution in [0.15, 0.2) is 29.2 Å². The Labute approximate surface area is 115 Å². The highest BCUT2D eigenvalue weighted by molar-refractivity contribution is 7.87. The van der Waals surface area contributed by atoms with Crippen LogP contribution < -0.4 is 5.32 Å². The number of benzene rings is 1. The van der Waals surface area contributed by atoms with E-state index >= 15 is 0 Å². The molecule has 1 aromatic rings. The standard InChI is InChI=1S/C12H17NO4S.CH4/c1-4-9(2)12(14)13-10-7-5-6-8-11(10)18(15,16)17-3;/h5-9H,4H2,1-3H3,(H,13,14);1H4. The minimum absolute atomic E-state index is 0. The van der Waals surface area contributed by atoms with Gasteiger partial charge in [0.15, 0.2) is 0 Å². The number of hydrogen-bond donors (Lipinski definition) is 1. The molecule has 6 heteroatoms. The molecule has 0 radical (unpaired) electrons. The van der Waals surface area contributed by atoms with Crippen molar-refractivity contribution in [3.05, 3.63) is 24.3 Å². The summed E-state index contributed by atoms with van der Waals surface area (Å²) in [6.45, 7) is 3.67. The van der Waals surface area contributed by atoms with E-state index in [9.17, 15) is 13.2 Å². The maximum absolute atomic E-state index is 11.8. The third kappa shape index (κ3) is 4.33. The Kier molecular flexibility index (Phi) is 6.72. The lowest BCUT2D eigenvalue weighted by atomic mass is 10.1. The zero-order chi connectivity index (χ0) is 13.8. The maximum atomic E-state index is 11.8. The fourth-order valence-corrected chi connectivity index (χ4v) is 2.13. The molecule has 0 heterocycles. The minimum Gasteiger partial charge on any atom is -0.325 e. The van der Waals surface area contributed by atoms with E-state index in [-0.39, 0.29) is 29.8 Å². The van der Waals surface area contributed by atoms with Crippen molar-refractivity contribution in [1.82, 2.24) is 0 Å². The first-order chi connectivity index (χ1) is 8.42. The van der Waals surface area contributed by atoms with Gasteiger partial charge in [-0.15, -0.1) is 0 Å². The molecule has 108 valence electrons. The molecule has 1 atom stereocenters. The molecular weight excluding hydrogens is 266 g/mol. The molecule has 0 aliphatic heterocycles. The van der Waals surface area contributed by atoms with Gasteiger partial charge in [-0.2, -0.15) is 8.42 Å². The molecule has 0 bridgehead atoms. The summed E-state index contributed by atoms with van der Waals surface area (Å²) in [4.78, 5) is 11.7. The summed E-state index contributed by atoms with van der Waals surface area (Å²) in [6, 6.07) is 6.16. The normalized spacial score (nSPS) is 12.4. The number of hydrogen-bond acceptors (Lipinski definition) is 4. The van der Waals surface area contributed by atoms with E-state index in [0.717, 1.165) is 7.11 Å². The second-order valence-electron chi connectivity index (χ2n) is 3.92. The van der Waals surface area contributed by atoms with Crippen LogP contribution in [-0.2, 0) is 19.1 Å². The highest BCUT2D eigenvalue weighted by Gasteiger charge is 2.20. The van der Waals surface area contributed by atoms with Crippen molar-refractivity contribution in [1.29, 1.82) is 0 Å². The largest absolute Gasteiger partial charge is 0.325 e. The minimum atomic E-state index is -3.82. The highest BCUT2D eigenvalue weighted by atomic mass is 32.2. The quantitative estimate of drug-likeness (QED) is 0.845. The van der Waals surface area contributed by atoms with E-state index in [1.165, 1.54) is 12.1 Å². The first kappa shape index (κ1) is 17.6. The van der Waals surface area contributed by atoms with Gasteiger partial charge in [0.05, 0.1) is 12.8 Å². The predicted molar refractivity (Wildman–Crippen MR) is 75.5 cm³/mol. The van der Waals surface area contributed by atoms with E-state index in [1.54, 1.807) is 19.1 Å². The van der Waals surface area contributed by atoms with Crippen LogP contribution >= 0.6 is 0 Å². The van der Waals surface area contributed by atoms with Gasteiger partial charge in [0.25, 0.3) is 10.1 Å². The smallest absolute Gasteiger partial charge is 0.298 e. The summed E-state index contributed by atoms with van der Waals surface area (Å²) in [7, 11) is -2.74.